The van der Waals surface area contributed by atoms with E-state index in [9.17, 15) is 34.8 Å². The van der Waals surface area contributed by atoms with Crippen molar-refractivity contribution in [3.63, 3.8) is 0 Å². The van der Waals surface area contributed by atoms with Gasteiger partial charge in [-0.3, -0.25) is 19.3 Å². The van der Waals surface area contributed by atoms with E-state index in [4.69, 9.17) is 5.73 Å². The molecule has 1 aliphatic heterocycles. The summed E-state index contributed by atoms with van der Waals surface area (Å²) in [6, 6.07) is 0.575. The second kappa shape index (κ2) is 9.05. The summed E-state index contributed by atoms with van der Waals surface area (Å²) in [6.07, 6.45) is 3.65. The predicted molar refractivity (Wildman–Crippen MR) is 146 cm³/mol. The average molecular weight is 553 g/mol. The van der Waals surface area contributed by atoms with Crippen molar-refractivity contribution in [1.82, 2.24) is 10.2 Å². The Labute approximate surface area is 231 Å². The molecule has 2 fully saturated rings. The van der Waals surface area contributed by atoms with Gasteiger partial charge in [-0.2, -0.15) is 0 Å². The number of benzene rings is 1. The van der Waals surface area contributed by atoms with Crippen LogP contribution >= 0.6 is 0 Å². The molecule has 4 aliphatic carbocycles. The zero-order valence-electron chi connectivity index (χ0n) is 22.9. The Morgan fingerprint density at radius 1 is 1.20 bits per heavy atom. The highest BCUT2D eigenvalue weighted by Gasteiger charge is 2.64. The van der Waals surface area contributed by atoms with Crippen molar-refractivity contribution in [2.45, 2.75) is 49.8 Å². The van der Waals surface area contributed by atoms with Gasteiger partial charge in [0, 0.05) is 36.8 Å². The quantitative estimate of drug-likeness (QED) is 0.287. The summed E-state index contributed by atoms with van der Waals surface area (Å²) in [6.45, 7) is 1.67. The Bertz CT molecular complexity index is 1410. The van der Waals surface area contributed by atoms with Crippen molar-refractivity contribution in [2.75, 3.05) is 39.1 Å². The van der Waals surface area contributed by atoms with Crippen molar-refractivity contribution in [1.29, 1.82) is 0 Å². The lowest BCUT2D eigenvalue weighted by Gasteiger charge is -2.50. The highest BCUT2D eigenvalue weighted by Crippen LogP contribution is 2.55. The molecule has 0 radical (unpaired) electrons. The lowest BCUT2D eigenvalue weighted by atomic mass is 9.57. The second-order valence-electron chi connectivity index (χ2n) is 12.3. The first-order valence-corrected chi connectivity index (χ1v) is 13.9. The normalized spacial score (nSPS) is 31.7. The van der Waals surface area contributed by atoms with Crippen LogP contribution in [0.15, 0.2) is 23.0 Å². The van der Waals surface area contributed by atoms with Gasteiger partial charge in [0.1, 0.15) is 22.8 Å². The van der Waals surface area contributed by atoms with Crippen LogP contribution in [0, 0.1) is 17.8 Å². The van der Waals surface area contributed by atoms with Gasteiger partial charge >= 0.3 is 0 Å². The highest BCUT2D eigenvalue weighted by atomic mass is 16.3. The Kier molecular flexibility index (Phi) is 6.06. The van der Waals surface area contributed by atoms with Crippen molar-refractivity contribution >= 4 is 28.9 Å². The predicted octanol–water partition coefficient (Wildman–Crippen LogP) is 0.845. The number of nitrogens with one attached hydrogen (secondary N) is 1. The summed E-state index contributed by atoms with van der Waals surface area (Å²) >= 11 is 0. The van der Waals surface area contributed by atoms with Gasteiger partial charge < -0.3 is 36.4 Å². The van der Waals surface area contributed by atoms with Crippen LogP contribution in [0.5, 0.6) is 5.75 Å². The number of primary amides is 1. The smallest absolute Gasteiger partial charge is 0.255 e. The molecular weight excluding hydrogens is 516 g/mol. The van der Waals surface area contributed by atoms with E-state index >= 15 is 0 Å². The SMILES string of the molecule is CN1CCC(NCC2CC2)c2cc(O)c3c(c21)C[C@@H]1C[C@@H]2[C@@H](N(C)C)C(=O)C(C(N)=O)=C(O)[C@@]2(O)C(=O)C1=C3O. The molecule has 0 saturated heterocycles. The number of nitrogens with two attached hydrogens (primary N) is 1. The third-order valence-electron chi connectivity index (χ3n) is 9.58. The number of carbonyl (C=O) groups is 3. The van der Waals surface area contributed by atoms with Gasteiger partial charge in [-0.05, 0) is 81.8 Å². The molecule has 11 heteroatoms. The van der Waals surface area contributed by atoms with Crippen LogP contribution in [0.2, 0.25) is 0 Å². The van der Waals surface area contributed by atoms with Gasteiger partial charge in [-0.1, -0.05) is 0 Å². The molecule has 1 unspecified atom stereocenters. The van der Waals surface area contributed by atoms with E-state index in [1.807, 2.05) is 7.05 Å². The number of phenolic OH excluding ortho intramolecular Hbond substituents is 1. The van der Waals surface area contributed by atoms with E-state index in [1.54, 1.807) is 20.2 Å². The first-order chi connectivity index (χ1) is 18.9. The Balaban J connectivity index is 1.50. The van der Waals surface area contributed by atoms with Crippen molar-refractivity contribution in [3.8, 4) is 5.75 Å². The van der Waals surface area contributed by atoms with Crippen molar-refractivity contribution < 1.29 is 34.8 Å². The van der Waals surface area contributed by atoms with Crippen LogP contribution in [0.4, 0.5) is 5.69 Å². The zero-order chi connectivity index (χ0) is 28.8. The minimum absolute atomic E-state index is 0.0389. The second-order valence-corrected chi connectivity index (χ2v) is 12.3. The van der Waals surface area contributed by atoms with Crippen molar-refractivity contribution in [2.24, 2.45) is 23.5 Å². The maximum Gasteiger partial charge on any atom is 0.255 e. The zero-order valence-corrected chi connectivity index (χ0v) is 22.9. The lowest BCUT2D eigenvalue weighted by molar-refractivity contribution is -0.153. The van der Waals surface area contributed by atoms with Crippen LogP contribution in [0.1, 0.15) is 48.4 Å². The van der Waals surface area contributed by atoms with E-state index in [0.29, 0.717) is 11.5 Å². The summed E-state index contributed by atoms with van der Waals surface area (Å²) in [4.78, 5) is 43.0. The molecular formula is C29H36N4O7. The standard InChI is InChI=1S/C29H36N4O7/c1-32(2)23-16-9-13-8-15-20(18(34)10-14-17(31-11-12-4-5-12)6-7-33(3)22(14)15)24(35)19(13)26(37)29(16,40)27(38)21(25(23)36)28(30)39/h10,12-13,16-17,23,31,34-35,38,40H,4-9,11H2,1-3H3,(H2,30,39)/t13-,16-,17?,23-,29+/m1/s1. The van der Waals surface area contributed by atoms with Crippen molar-refractivity contribution in [3.05, 3.63) is 39.7 Å². The number of hydrogen-bond acceptors (Lipinski definition) is 10. The molecule has 1 aromatic carbocycles. The molecule has 1 aromatic rings. The fourth-order valence-corrected chi connectivity index (χ4v) is 7.48. The van der Waals surface area contributed by atoms with E-state index in [0.717, 1.165) is 30.8 Å². The largest absolute Gasteiger partial charge is 0.508 e. The van der Waals surface area contributed by atoms with Gasteiger partial charge in [0.2, 0.25) is 5.78 Å². The summed E-state index contributed by atoms with van der Waals surface area (Å²) in [7, 11) is 5.14. The molecule has 2 saturated carbocycles. The number of rotatable bonds is 5. The molecule has 6 rings (SSSR count). The summed E-state index contributed by atoms with van der Waals surface area (Å²) in [5, 5.41) is 49.1. The molecule has 0 bridgehead atoms. The van der Waals surface area contributed by atoms with Crippen LogP contribution in [0.25, 0.3) is 5.76 Å². The van der Waals surface area contributed by atoms with Crippen LogP contribution in [-0.2, 0) is 20.8 Å². The van der Waals surface area contributed by atoms with Gasteiger partial charge in [0.25, 0.3) is 5.91 Å². The number of nitrogens with zero attached hydrogens (tertiary/aromatic N) is 2. The number of carbonyl (C=O) groups excluding carboxylic acids is 3. The number of aliphatic hydroxyl groups excluding tert-OH is 2. The number of amides is 1. The van der Waals surface area contributed by atoms with Gasteiger partial charge in [-0.25, -0.2) is 0 Å². The fourth-order valence-electron chi connectivity index (χ4n) is 7.48. The number of anilines is 1. The van der Waals surface area contributed by atoms with E-state index in [-0.39, 0.29) is 35.8 Å². The van der Waals surface area contributed by atoms with Crippen LogP contribution in [0.3, 0.4) is 0 Å². The monoisotopic (exact) mass is 552 g/mol. The molecule has 0 aromatic heterocycles. The summed E-state index contributed by atoms with van der Waals surface area (Å²) in [5.74, 6) is -5.73. The van der Waals surface area contributed by atoms with E-state index in [1.165, 1.54) is 17.7 Å². The summed E-state index contributed by atoms with van der Waals surface area (Å²) < 4.78 is 0. The van der Waals surface area contributed by atoms with Gasteiger partial charge in [0.05, 0.1) is 11.6 Å². The Morgan fingerprint density at radius 2 is 1.90 bits per heavy atom. The minimum Gasteiger partial charge on any atom is -0.508 e. The third kappa shape index (κ3) is 3.64. The molecule has 7 N–H and O–H groups in total. The first-order valence-electron chi connectivity index (χ1n) is 13.9. The number of aliphatic hydroxyl groups is 3. The minimum atomic E-state index is -2.64. The maximum absolute atomic E-state index is 14.0. The van der Waals surface area contributed by atoms with E-state index < -0.39 is 58.0 Å². The molecule has 40 heavy (non-hydrogen) atoms. The van der Waals surface area contributed by atoms with Crippen LogP contribution in [-0.4, -0.2) is 88.7 Å². The molecule has 1 amide bonds. The van der Waals surface area contributed by atoms with Crippen LogP contribution < -0.4 is 16.0 Å². The molecule has 11 nitrogen and oxygen atoms in total. The molecule has 1 heterocycles. The molecule has 5 aliphatic rings. The first kappa shape index (κ1) is 26.8. The highest BCUT2D eigenvalue weighted by molar-refractivity contribution is 6.24. The average Bonchev–Trinajstić information content (AvgIpc) is 3.70. The number of ketones is 2. The number of likely N-dealkylation sites (N-methyl/N-ethyl adjacent to an activating group) is 1. The third-order valence-corrected chi connectivity index (χ3v) is 9.58. The Hall–Kier alpha value is -3.41. The lowest BCUT2D eigenvalue weighted by Crippen LogP contribution is -2.65. The summed E-state index contributed by atoms with van der Waals surface area (Å²) in [5.41, 5.74) is 4.47. The number of aromatic hydroxyl groups is 1. The van der Waals surface area contributed by atoms with E-state index in [2.05, 4.69) is 10.2 Å². The van der Waals surface area contributed by atoms with Gasteiger partial charge in [-0.15, -0.1) is 0 Å². The number of phenols is 1. The number of Topliss-reactive ketones (excluding diaryl/α,β-unsaturated/α-hetero) is 2. The molecule has 214 valence electrons. The number of hydrogen-bond donors (Lipinski definition) is 6. The van der Waals surface area contributed by atoms with Gasteiger partial charge in [0.15, 0.2) is 11.4 Å². The maximum atomic E-state index is 14.0. The molecule has 5 atom stereocenters. The fraction of sp³-hybridized carbons (Fsp3) is 0.552. The number of fused-ring (bicyclic) bond motifs is 5. The topological polar surface area (TPSA) is 177 Å². The molecule has 0 spiro atoms. The Morgan fingerprint density at radius 3 is 2.52 bits per heavy atom.